The van der Waals surface area contributed by atoms with Crippen LogP contribution in [-0.4, -0.2) is 13.2 Å². The second-order valence-electron chi connectivity index (χ2n) is 4.52. The maximum Gasteiger partial charge on any atom is 1.00 e. The van der Waals surface area contributed by atoms with Crippen molar-refractivity contribution in [1.29, 1.82) is 0 Å². The fraction of sp³-hybridized carbons (Fsp3) is 0.368. The fourth-order valence-corrected chi connectivity index (χ4v) is 1.85. The van der Waals surface area contributed by atoms with E-state index in [1.54, 1.807) is 0 Å². The van der Waals surface area contributed by atoms with Crippen molar-refractivity contribution >= 4 is 17.1 Å². The molecule has 0 heterocycles. The van der Waals surface area contributed by atoms with E-state index in [-0.39, 0.29) is 51.4 Å². The molecule has 23 heavy (non-hydrogen) atoms. The van der Waals surface area contributed by atoms with Crippen LogP contribution in [0.25, 0.3) is 5.32 Å². The maximum absolute atomic E-state index is 5.56. The number of hydrogen-bond donors (Lipinski definition) is 1. The molecule has 0 bridgehead atoms. The Kier molecular flexibility index (Phi) is 13.6. The molecule has 0 fully saturated rings. The van der Waals surface area contributed by atoms with Gasteiger partial charge in [0.05, 0.1) is 6.61 Å². The molecule has 120 valence electrons. The predicted octanol–water partition coefficient (Wildman–Crippen LogP) is 3.27. The Bertz CT molecular complexity index is 512. The summed E-state index contributed by atoms with van der Waals surface area (Å²) in [5.74, 6) is 0.912. The molecule has 3 nitrogen and oxygen atoms in total. The Morgan fingerprint density at radius 1 is 0.870 bits per heavy atom. The van der Waals surface area contributed by atoms with Gasteiger partial charge in [0.2, 0.25) is 0 Å². The topological polar surface area (TPSA) is 35.4 Å². The molecule has 0 atom stereocenters. The van der Waals surface area contributed by atoms with Crippen LogP contribution in [-0.2, 0) is 0 Å². The molecule has 0 saturated heterocycles. The van der Waals surface area contributed by atoms with E-state index in [1.165, 1.54) is 0 Å². The second kappa shape index (κ2) is 13.9. The van der Waals surface area contributed by atoms with Gasteiger partial charge in [0.15, 0.2) is 0 Å². The van der Waals surface area contributed by atoms with Crippen molar-refractivity contribution in [2.45, 2.75) is 34.1 Å². The van der Waals surface area contributed by atoms with Crippen LogP contribution in [0.5, 0.6) is 5.75 Å². The Hall–Kier alpha value is -0.524. The smallest absolute Gasteiger partial charge is 0.685 e. The molecule has 0 aromatic heterocycles. The summed E-state index contributed by atoms with van der Waals surface area (Å²) in [6.45, 7) is 9.71. The van der Waals surface area contributed by atoms with Crippen molar-refractivity contribution in [3.63, 3.8) is 0 Å². The van der Waals surface area contributed by atoms with Gasteiger partial charge < -0.3 is 15.4 Å². The van der Waals surface area contributed by atoms with Gasteiger partial charge in [-0.1, -0.05) is 39.8 Å². The molecule has 0 aliphatic rings. The molecule has 0 saturated carbocycles. The normalized spacial score (nSPS) is 9.04. The van der Waals surface area contributed by atoms with Crippen LogP contribution in [0.2, 0.25) is 0 Å². The Labute approximate surface area is 183 Å². The predicted molar refractivity (Wildman–Crippen MR) is 96.9 cm³/mol. The van der Waals surface area contributed by atoms with Gasteiger partial charge in [-0.25, -0.2) is 0 Å². The number of nitrogens with one attached hydrogen (secondary N) is 1. The quantitative estimate of drug-likeness (QED) is 0.787. The van der Waals surface area contributed by atoms with E-state index in [9.17, 15) is 0 Å². The summed E-state index contributed by atoms with van der Waals surface area (Å²) >= 11 is 0. The third kappa shape index (κ3) is 8.77. The zero-order chi connectivity index (χ0) is 16.2. The number of benzene rings is 2. The maximum atomic E-state index is 5.56. The van der Waals surface area contributed by atoms with E-state index in [4.69, 9.17) is 4.74 Å². The van der Waals surface area contributed by atoms with E-state index in [2.05, 4.69) is 17.6 Å². The van der Waals surface area contributed by atoms with Gasteiger partial charge in [0, 0.05) is 11.4 Å². The second-order valence-corrected chi connectivity index (χ2v) is 4.52. The van der Waals surface area contributed by atoms with Gasteiger partial charge in [-0.05, 0) is 42.8 Å². The van der Waals surface area contributed by atoms with Crippen LogP contribution in [0, 0.1) is 0 Å². The summed E-state index contributed by atoms with van der Waals surface area (Å²) < 4.78 is 5.56. The summed E-state index contributed by atoms with van der Waals surface area (Å²) in [6.07, 6.45) is 1.02. The molecule has 2 aromatic rings. The molecule has 2 rings (SSSR count). The molecule has 4 heteroatoms. The van der Waals surface area contributed by atoms with Crippen LogP contribution in [0.1, 0.15) is 34.1 Å². The number of hydrogen-bond acceptors (Lipinski definition) is 2. The molecule has 0 unspecified atom stereocenters. The molecule has 0 aliphatic heterocycles. The molecular weight excluding hydrogens is 311 g/mol. The summed E-state index contributed by atoms with van der Waals surface area (Å²) in [5.41, 5.74) is 3.12. The first-order chi connectivity index (χ1) is 10.8. The van der Waals surface area contributed by atoms with Crippen LogP contribution in [0.15, 0.2) is 48.5 Å². The van der Waals surface area contributed by atoms with E-state index >= 15 is 0 Å². The van der Waals surface area contributed by atoms with E-state index in [1.807, 2.05) is 69.3 Å². The molecule has 0 aliphatic carbocycles. The number of rotatable bonds is 7. The molecule has 1 N–H and O–H groups in total. The van der Waals surface area contributed by atoms with Gasteiger partial charge in [0.1, 0.15) is 5.75 Å². The SMILES string of the molecule is CC.CCCOc1ccc(Nc2ccc([N-]CC)cc2)cc1.[K+]. The van der Waals surface area contributed by atoms with Gasteiger partial charge in [-0.15, -0.1) is 12.2 Å². The van der Waals surface area contributed by atoms with Crippen molar-refractivity contribution in [1.82, 2.24) is 0 Å². The average molecular weight is 339 g/mol. The van der Waals surface area contributed by atoms with E-state index in [0.29, 0.717) is 0 Å². The Balaban J connectivity index is 0.00000155. The summed E-state index contributed by atoms with van der Waals surface area (Å²) in [4.78, 5) is 0. The number of anilines is 2. The van der Waals surface area contributed by atoms with Crippen molar-refractivity contribution in [2.24, 2.45) is 0 Å². The Morgan fingerprint density at radius 3 is 1.87 bits per heavy atom. The summed E-state index contributed by atoms with van der Waals surface area (Å²) in [5, 5.41) is 7.71. The molecule has 0 amide bonds. The zero-order valence-electron chi connectivity index (χ0n) is 15.1. The molecule has 0 radical (unpaired) electrons. The number of nitrogens with zero attached hydrogens (tertiary/aromatic N) is 1. The fourth-order valence-electron chi connectivity index (χ4n) is 1.85. The standard InChI is InChI=1S/C17H21N2O.C2H6.K/c1-3-13-20-17-11-9-16(10-12-17)19-15-7-5-14(6-8-15)18-4-2;1-2;/h5-12,19H,3-4,13H2,1-2H3;1-2H3;/q-1;;+1. The van der Waals surface area contributed by atoms with Gasteiger partial charge in [-0.2, -0.15) is 0 Å². The monoisotopic (exact) mass is 338 g/mol. The van der Waals surface area contributed by atoms with E-state index < -0.39 is 0 Å². The first kappa shape index (κ1) is 22.5. The zero-order valence-corrected chi connectivity index (χ0v) is 18.2. The summed E-state index contributed by atoms with van der Waals surface area (Å²) in [6, 6.07) is 16.1. The van der Waals surface area contributed by atoms with Crippen molar-refractivity contribution in [2.75, 3.05) is 18.5 Å². The van der Waals surface area contributed by atoms with Crippen LogP contribution >= 0.6 is 0 Å². The largest absolute Gasteiger partial charge is 1.00 e. The molecule has 2 aromatic carbocycles. The number of ether oxygens (including phenoxy) is 1. The third-order valence-corrected chi connectivity index (χ3v) is 2.82. The van der Waals surface area contributed by atoms with Gasteiger partial charge in [0.25, 0.3) is 0 Å². The third-order valence-electron chi connectivity index (χ3n) is 2.82. The first-order valence-corrected chi connectivity index (χ1v) is 8.09. The minimum Gasteiger partial charge on any atom is -0.685 e. The average Bonchev–Trinajstić information content (AvgIpc) is 2.58. The van der Waals surface area contributed by atoms with Gasteiger partial charge >= 0.3 is 51.4 Å². The molecule has 0 spiro atoms. The Morgan fingerprint density at radius 2 is 1.39 bits per heavy atom. The van der Waals surface area contributed by atoms with Gasteiger partial charge in [-0.3, -0.25) is 0 Å². The minimum atomic E-state index is 0. The van der Waals surface area contributed by atoms with Crippen LogP contribution < -0.4 is 61.4 Å². The van der Waals surface area contributed by atoms with Crippen LogP contribution in [0.4, 0.5) is 17.1 Å². The van der Waals surface area contributed by atoms with Crippen LogP contribution in [0.3, 0.4) is 0 Å². The molecular formula is C19H27KN2O. The minimum absolute atomic E-state index is 0. The van der Waals surface area contributed by atoms with Crippen molar-refractivity contribution in [3.8, 4) is 5.75 Å². The van der Waals surface area contributed by atoms with E-state index in [0.717, 1.165) is 42.4 Å². The van der Waals surface area contributed by atoms with Crippen molar-refractivity contribution in [3.05, 3.63) is 53.8 Å². The first-order valence-electron chi connectivity index (χ1n) is 8.09. The van der Waals surface area contributed by atoms with Crippen molar-refractivity contribution < 1.29 is 56.1 Å². The summed E-state index contributed by atoms with van der Waals surface area (Å²) in [7, 11) is 0.